The van der Waals surface area contributed by atoms with Crippen LogP contribution in [0.2, 0.25) is 0 Å². The van der Waals surface area contributed by atoms with E-state index < -0.39 is 10.0 Å². The number of rotatable bonds is 4. The van der Waals surface area contributed by atoms with Crippen LogP contribution in [-0.2, 0) is 29.5 Å². The van der Waals surface area contributed by atoms with Crippen LogP contribution >= 0.6 is 0 Å². The van der Waals surface area contributed by atoms with E-state index in [0.717, 1.165) is 27.9 Å². The lowest BCUT2D eigenvalue weighted by molar-refractivity contribution is 0.0450. The van der Waals surface area contributed by atoms with Crippen molar-refractivity contribution < 1.29 is 18.3 Å². The summed E-state index contributed by atoms with van der Waals surface area (Å²) in [5, 5.41) is 11.3. The van der Waals surface area contributed by atoms with Gasteiger partial charge in [0.25, 0.3) is 10.0 Å². The Bertz CT molecular complexity index is 1270. The average Bonchev–Trinajstić information content (AvgIpc) is 3.28. The maximum atomic E-state index is 13.1. The van der Waals surface area contributed by atoms with Crippen LogP contribution in [0, 0.1) is 0 Å². The van der Waals surface area contributed by atoms with Crippen molar-refractivity contribution in [1.82, 2.24) is 23.3 Å². The second-order valence-corrected chi connectivity index (χ2v) is 10.6. The Labute approximate surface area is 181 Å². The summed E-state index contributed by atoms with van der Waals surface area (Å²) < 4.78 is 36.9. The molecule has 3 aromatic rings. The van der Waals surface area contributed by atoms with Crippen LogP contribution in [0.4, 0.5) is 0 Å². The zero-order valence-electron chi connectivity index (χ0n) is 18.1. The molecule has 2 aliphatic heterocycles. The molecule has 2 aromatic heterocycles. The van der Waals surface area contributed by atoms with Gasteiger partial charge in [0.15, 0.2) is 5.03 Å². The summed E-state index contributed by atoms with van der Waals surface area (Å²) in [5.74, 6) is 0.765. The van der Waals surface area contributed by atoms with Gasteiger partial charge >= 0.3 is 0 Å². The zero-order valence-corrected chi connectivity index (χ0v) is 18.9. The SMILES string of the molecule is COc1ccc2c3c(n(C)c2c1)[C@@H](CO)N(C)CC31CN(S(=O)(=O)c2cn(C)cn2)C1. The maximum absolute atomic E-state index is 13.1. The van der Waals surface area contributed by atoms with Crippen LogP contribution in [0.25, 0.3) is 10.9 Å². The Kier molecular flexibility index (Phi) is 4.50. The molecular weight excluding hydrogens is 418 g/mol. The monoisotopic (exact) mass is 445 g/mol. The summed E-state index contributed by atoms with van der Waals surface area (Å²) in [5.41, 5.74) is 2.85. The smallest absolute Gasteiger partial charge is 0.262 e. The number of ether oxygens (including phenoxy) is 1. The van der Waals surface area contributed by atoms with Crippen molar-refractivity contribution in [2.24, 2.45) is 14.1 Å². The van der Waals surface area contributed by atoms with Gasteiger partial charge in [0.05, 0.1) is 31.6 Å². The van der Waals surface area contributed by atoms with Crippen molar-refractivity contribution in [2.45, 2.75) is 16.5 Å². The number of benzene rings is 1. The Hall–Kier alpha value is -2.40. The number of hydrogen-bond acceptors (Lipinski definition) is 6. The molecule has 0 bridgehead atoms. The van der Waals surface area contributed by atoms with Gasteiger partial charge in [-0.25, -0.2) is 13.4 Å². The molecule has 0 aliphatic carbocycles. The summed E-state index contributed by atoms with van der Waals surface area (Å²) in [7, 11) is 3.73. The van der Waals surface area contributed by atoms with Crippen molar-refractivity contribution in [1.29, 1.82) is 0 Å². The third kappa shape index (κ3) is 2.78. The number of aromatic nitrogens is 3. The van der Waals surface area contributed by atoms with Gasteiger partial charge in [0, 0.05) is 62.5 Å². The Morgan fingerprint density at radius 1 is 1.23 bits per heavy atom. The quantitative estimate of drug-likeness (QED) is 0.640. The lowest BCUT2D eigenvalue weighted by Gasteiger charge is -2.54. The van der Waals surface area contributed by atoms with Gasteiger partial charge in [0.2, 0.25) is 0 Å². The van der Waals surface area contributed by atoms with Crippen molar-refractivity contribution in [2.75, 3.05) is 40.4 Å². The molecule has 1 saturated heterocycles. The molecule has 166 valence electrons. The molecule has 2 aliphatic rings. The molecule has 1 fully saturated rings. The van der Waals surface area contributed by atoms with Crippen molar-refractivity contribution in [3.63, 3.8) is 0 Å². The molecule has 0 amide bonds. The topological polar surface area (TPSA) is 92.8 Å². The Balaban J connectivity index is 1.62. The van der Waals surface area contributed by atoms with Crippen molar-refractivity contribution in [3.05, 3.63) is 42.0 Å². The van der Waals surface area contributed by atoms with Crippen LogP contribution < -0.4 is 4.74 Å². The fraction of sp³-hybridized carbons (Fsp3) is 0.476. The molecule has 4 heterocycles. The summed E-state index contributed by atoms with van der Waals surface area (Å²) in [6.07, 6.45) is 3.03. The molecule has 10 heteroatoms. The van der Waals surface area contributed by atoms with Gasteiger partial charge in [-0.1, -0.05) is 0 Å². The van der Waals surface area contributed by atoms with E-state index in [-0.39, 0.29) is 23.1 Å². The number of hydrogen-bond donors (Lipinski definition) is 1. The second kappa shape index (κ2) is 6.80. The van der Waals surface area contributed by atoms with Crippen molar-refractivity contribution in [3.8, 4) is 5.75 Å². The molecule has 1 N–H and O–H groups in total. The Morgan fingerprint density at radius 3 is 2.58 bits per heavy atom. The number of fused-ring (bicyclic) bond motifs is 4. The van der Waals surface area contributed by atoms with E-state index in [4.69, 9.17) is 4.74 Å². The predicted molar refractivity (Wildman–Crippen MR) is 116 cm³/mol. The third-order valence-electron chi connectivity index (χ3n) is 6.80. The van der Waals surface area contributed by atoms with Crippen molar-refractivity contribution >= 4 is 20.9 Å². The predicted octanol–water partition coefficient (Wildman–Crippen LogP) is 0.841. The number of methoxy groups -OCH3 is 1. The summed E-state index contributed by atoms with van der Waals surface area (Å²) in [4.78, 5) is 6.18. The van der Waals surface area contributed by atoms with E-state index in [2.05, 4.69) is 14.5 Å². The van der Waals surface area contributed by atoms with E-state index in [1.807, 2.05) is 32.3 Å². The fourth-order valence-corrected chi connectivity index (χ4v) is 6.90. The standard InChI is InChI=1S/C21H27N5O4S/c1-23-8-18(22-13-23)31(28,29)26-11-21(12-26)10-24(2)17(9-27)20-19(21)15-6-5-14(30-4)7-16(15)25(20)3/h5-8,13,17,27H,9-12H2,1-4H3/t17-/m1/s1. The van der Waals surface area contributed by atoms with Gasteiger partial charge in [-0.05, 0) is 24.7 Å². The average molecular weight is 446 g/mol. The number of sulfonamides is 1. The largest absolute Gasteiger partial charge is 0.497 e. The number of nitrogens with zero attached hydrogens (tertiary/aromatic N) is 5. The van der Waals surface area contributed by atoms with E-state index in [1.54, 1.807) is 18.7 Å². The van der Waals surface area contributed by atoms with E-state index in [1.165, 1.54) is 16.8 Å². The first-order chi connectivity index (χ1) is 14.7. The number of aliphatic hydroxyl groups is 1. The molecule has 5 rings (SSSR count). The van der Waals surface area contributed by atoms with Gasteiger partial charge < -0.3 is 19.0 Å². The molecular formula is C21H27N5O4S. The second-order valence-electron chi connectivity index (χ2n) is 8.75. The van der Waals surface area contributed by atoms with Gasteiger partial charge in [-0.3, -0.25) is 4.90 Å². The minimum atomic E-state index is -3.65. The number of aliphatic hydroxyl groups excluding tert-OH is 1. The van der Waals surface area contributed by atoms with Crippen LogP contribution in [0.15, 0.2) is 35.7 Å². The molecule has 0 radical (unpaired) electrons. The van der Waals surface area contributed by atoms with Gasteiger partial charge in [0.1, 0.15) is 5.75 Å². The highest BCUT2D eigenvalue weighted by Gasteiger charge is 2.56. The Morgan fingerprint density at radius 2 is 1.97 bits per heavy atom. The lowest BCUT2D eigenvalue weighted by Crippen LogP contribution is -2.67. The minimum absolute atomic E-state index is 0.00315. The molecule has 1 atom stereocenters. The summed E-state index contributed by atoms with van der Waals surface area (Å²) >= 11 is 0. The fourth-order valence-electron chi connectivity index (χ4n) is 5.32. The normalized spacial score (nSPS) is 21.4. The lowest BCUT2D eigenvalue weighted by atomic mass is 9.70. The number of likely N-dealkylation sites (N-methyl/N-ethyl adjacent to an activating group) is 1. The molecule has 0 unspecified atom stereocenters. The van der Waals surface area contributed by atoms with Gasteiger partial charge in [-0.2, -0.15) is 4.31 Å². The highest BCUT2D eigenvalue weighted by Crippen LogP contribution is 2.50. The van der Waals surface area contributed by atoms with Crippen LogP contribution in [0.1, 0.15) is 17.3 Å². The molecule has 1 aromatic carbocycles. The highest BCUT2D eigenvalue weighted by atomic mass is 32.2. The van der Waals surface area contributed by atoms with E-state index in [0.29, 0.717) is 19.6 Å². The summed E-state index contributed by atoms with van der Waals surface area (Å²) in [6.45, 7) is 1.43. The molecule has 0 saturated carbocycles. The van der Waals surface area contributed by atoms with E-state index >= 15 is 0 Å². The molecule has 31 heavy (non-hydrogen) atoms. The maximum Gasteiger partial charge on any atom is 0.262 e. The minimum Gasteiger partial charge on any atom is -0.497 e. The third-order valence-corrected chi connectivity index (χ3v) is 8.48. The number of aryl methyl sites for hydroxylation is 2. The number of imidazole rings is 1. The highest BCUT2D eigenvalue weighted by molar-refractivity contribution is 7.89. The van der Waals surface area contributed by atoms with Crippen LogP contribution in [-0.4, -0.2) is 77.2 Å². The van der Waals surface area contributed by atoms with E-state index in [9.17, 15) is 13.5 Å². The first-order valence-electron chi connectivity index (χ1n) is 10.2. The van der Waals surface area contributed by atoms with Crippen LogP contribution in [0.5, 0.6) is 5.75 Å². The molecule has 9 nitrogen and oxygen atoms in total. The van der Waals surface area contributed by atoms with Gasteiger partial charge in [-0.15, -0.1) is 0 Å². The first kappa shape index (κ1) is 20.5. The molecule has 1 spiro atoms. The zero-order chi connectivity index (χ0) is 22.1. The van der Waals surface area contributed by atoms with Crippen LogP contribution in [0.3, 0.4) is 0 Å². The first-order valence-corrected chi connectivity index (χ1v) is 11.6. The summed E-state index contributed by atoms with van der Waals surface area (Å²) in [6, 6.07) is 5.83.